The van der Waals surface area contributed by atoms with Crippen LogP contribution in [0.15, 0.2) is 47.3 Å². The topological polar surface area (TPSA) is 66.1 Å². The highest BCUT2D eigenvalue weighted by atomic mass is 19.1. The molecule has 5 nitrogen and oxygen atoms in total. The molecular weight excluding hydrogens is 405 g/mol. The molecule has 0 radical (unpaired) electrons. The number of aryl methyl sites for hydroxylation is 3. The largest absolute Gasteiger partial charge is 0.330 e. The molecule has 2 aliphatic rings. The number of pyridine rings is 2. The number of aromatic nitrogens is 2. The van der Waals surface area contributed by atoms with Gasteiger partial charge in [-0.3, -0.25) is 14.6 Å². The number of carbonyl (C=O) groups is 1. The standard InChI is InChI=1S/C26H26FN3O2/c1-16-13-19(17-8-10-20(27)11-9-17)15-23(28-16)24-7-2-3-12-30(24)26(32)21-14-18-5-4-6-22(18)29-25(21)31/h8-11,13-15,24H,2-7,12H2,1H3,(H,29,31)/t24-/m1/s1. The summed E-state index contributed by atoms with van der Waals surface area (Å²) in [6, 6.07) is 12.0. The maximum atomic E-state index is 13.5. The summed E-state index contributed by atoms with van der Waals surface area (Å²) in [4.78, 5) is 35.7. The minimum Gasteiger partial charge on any atom is -0.330 e. The molecule has 6 heteroatoms. The Labute approximate surface area is 186 Å². The zero-order valence-corrected chi connectivity index (χ0v) is 18.2. The Balaban J connectivity index is 1.51. The van der Waals surface area contributed by atoms with Crippen LogP contribution in [0.1, 0.15) is 64.7 Å². The summed E-state index contributed by atoms with van der Waals surface area (Å²) >= 11 is 0. The summed E-state index contributed by atoms with van der Waals surface area (Å²) in [6.07, 6.45) is 5.47. The van der Waals surface area contributed by atoms with E-state index < -0.39 is 0 Å². The molecule has 1 fully saturated rings. The van der Waals surface area contributed by atoms with Gasteiger partial charge in [0.05, 0.1) is 11.7 Å². The lowest BCUT2D eigenvalue weighted by molar-refractivity contribution is 0.0604. The average molecular weight is 432 g/mol. The summed E-state index contributed by atoms with van der Waals surface area (Å²) in [6.45, 7) is 2.53. The van der Waals surface area contributed by atoms with Gasteiger partial charge >= 0.3 is 0 Å². The van der Waals surface area contributed by atoms with Crippen LogP contribution in [-0.4, -0.2) is 27.3 Å². The Morgan fingerprint density at radius 1 is 1.06 bits per heavy atom. The van der Waals surface area contributed by atoms with Gasteiger partial charge in [0.1, 0.15) is 11.4 Å². The Kier molecular flexibility index (Phi) is 5.37. The molecule has 1 aliphatic heterocycles. The third-order valence-electron chi connectivity index (χ3n) is 6.57. The lowest BCUT2D eigenvalue weighted by atomic mass is 9.95. The van der Waals surface area contributed by atoms with Gasteiger partial charge in [-0.2, -0.15) is 0 Å². The van der Waals surface area contributed by atoms with E-state index >= 15 is 0 Å². The van der Waals surface area contributed by atoms with E-state index in [1.807, 2.05) is 24.0 Å². The van der Waals surface area contributed by atoms with Crippen molar-refractivity contribution in [3.05, 3.63) is 86.8 Å². The molecule has 1 aromatic carbocycles. The van der Waals surface area contributed by atoms with Crippen molar-refractivity contribution in [3.63, 3.8) is 0 Å². The van der Waals surface area contributed by atoms with Crippen molar-refractivity contribution in [2.24, 2.45) is 0 Å². The Hall–Kier alpha value is -3.28. The molecule has 3 heterocycles. The van der Waals surface area contributed by atoms with E-state index in [4.69, 9.17) is 4.98 Å². The zero-order chi connectivity index (χ0) is 22.2. The molecular formula is C26H26FN3O2. The summed E-state index contributed by atoms with van der Waals surface area (Å²) in [5, 5.41) is 0. The van der Waals surface area contributed by atoms with Gasteiger partial charge in [-0.1, -0.05) is 12.1 Å². The van der Waals surface area contributed by atoms with E-state index in [2.05, 4.69) is 4.98 Å². The third-order valence-corrected chi connectivity index (χ3v) is 6.57. The lowest BCUT2D eigenvalue weighted by Crippen LogP contribution is -2.41. The first-order valence-corrected chi connectivity index (χ1v) is 11.3. The van der Waals surface area contributed by atoms with Gasteiger partial charge in [0, 0.05) is 17.9 Å². The summed E-state index contributed by atoms with van der Waals surface area (Å²) in [5.41, 5.74) is 5.47. The number of halogens is 1. The van der Waals surface area contributed by atoms with Crippen LogP contribution in [0.25, 0.3) is 11.1 Å². The molecule has 1 aliphatic carbocycles. The molecule has 2 aromatic heterocycles. The maximum Gasteiger partial charge on any atom is 0.261 e. The summed E-state index contributed by atoms with van der Waals surface area (Å²) in [5.74, 6) is -0.499. The van der Waals surface area contributed by atoms with E-state index in [0.717, 1.165) is 72.3 Å². The second-order valence-corrected chi connectivity index (χ2v) is 8.81. The number of likely N-dealkylation sites (tertiary alicyclic amines) is 1. The van der Waals surface area contributed by atoms with Gasteiger partial charge in [-0.25, -0.2) is 4.39 Å². The first-order valence-electron chi connectivity index (χ1n) is 11.3. The van der Waals surface area contributed by atoms with Gasteiger partial charge in [-0.15, -0.1) is 0 Å². The molecule has 5 rings (SSSR count). The predicted molar refractivity (Wildman–Crippen MR) is 121 cm³/mol. The van der Waals surface area contributed by atoms with Crippen LogP contribution in [0.2, 0.25) is 0 Å². The van der Waals surface area contributed by atoms with Crippen molar-refractivity contribution in [1.82, 2.24) is 14.9 Å². The fraction of sp³-hybridized carbons (Fsp3) is 0.346. The molecule has 1 atom stereocenters. The highest BCUT2D eigenvalue weighted by molar-refractivity contribution is 5.94. The number of hydrogen-bond acceptors (Lipinski definition) is 3. The van der Waals surface area contributed by atoms with Crippen LogP contribution in [0, 0.1) is 12.7 Å². The quantitative estimate of drug-likeness (QED) is 0.651. The minimum absolute atomic E-state index is 0.192. The predicted octanol–water partition coefficient (Wildman–Crippen LogP) is 4.74. The highest BCUT2D eigenvalue weighted by Gasteiger charge is 2.32. The molecule has 1 N–H and O–H groups in total. The van der Waals surface area contributed by atoms with Gasteiger partial charge in [0.25, 0.3) is 11.5 Å². The van der Waals surface area contributed by atoms with Crippen molar-refractivity contribution < 1.29 is 9.18 Å². The van der Waals surface area contributed by atoms with Crippen molar-refractivity contribution in [2.75, 3.05) is 6.54 Å². The number of aromatic amines is 1. The number of carbonyl (C=O) groups excluding carboxylic acids is 1. The van der Waals surface area contributed by atoms with Crippen molar-refractivity contribution in [2.45, 2.75) is 51.5 Å². The molecule has 164 valence electrons. The van der Waals surface area contributed by atoms with E-state index in [1.54, 1.807) is 18.2 Å². The minimum atomic E-state index is -0.302. The smallest absolute Gasteiger partial charge is 0.261 e. The lowest BCUT2D eigenvalue weighted by Gasteiger charge is -2.35. The monoisotopic (exact) mass is 431 g/mol. The Bertz CT molecular complexity index is 1230. The fourth-order valence-electron chi connectivity index (χ4n) is 4.98. The molecule has 0 unspecified atom stereocenters. The molecule has 32 heavy (non-hydrogen) atoms. The number of nitrogens with one attached hydrogen (secondary N) is 1. The molecule has 0 spiro atoms. The van der Waals surface area contributed by atoms with Gasteiger partial charge in [0.15, 0.2) is 0 Å². The second-order valence-electron chi connectivity index (χ2n) is 8.81. The summed E-state index contributed by atoms with van der Waals surface area (Å²) in [7, 11) is 0. The fourth-order valence-corrected chi connectivity index (χ4v) is 4.98. The second kappa shape index (κ2) is 8.34. The van der Waals surface area contributed by atoms with Crippen LogP contribution in [-0.2, 0) is 12.8 Å². The van der Waals surface area contributed by atoms with Crippen LogP contribution in [0.4, 0.5) is 4.39 Å². The number of hydrogen-bond donors (Lipinski definition) is 1. The van der Waals surface area contributed by atoms with Crippen molar-refractivity contribution in [1.29, 1.82) is 0 Å². The van der Waals surface area contributed by atoms with E-state index in [-0.39, 0.29) is 28.9 Å². The highest BCUT2D eigenvalue weighted by Crippen LogP contribution is 2.33. The zero-order valence-electron chi connectivity index (χ0n) is 18.2. The molecule has 1 saturated heterocycles. The van der Waals surface area contributed by atoms with Gasteiger partial charge in [0.2, 0.25) is 0 Å². The van der Waals surface area contributed by atoms with Crippen molar-refractivity contribution >= 4 is 5.91 Å². The van der Waals surface area contributed by atoms with Gasteiger partial charge < -0.3 is 9.88 Å². The van der Waals surface area contributed by atoms with Crippen molar-refractivity contribution in [3.8, 4) is 11.1 Å². The first kappa shape index (κ1) is 20.6. The van der Waals surface area contributed by atoms with E-state index in [0.29, 0.717) is 6.54 Å². The van der Waals surface area contributed by atoms with Crippen LogP contribution in [0.5, 0.6) is 0 Å². The Morgan fingerprint density at radius 3 is 2.69 bits per heavy atom. The molecule has 3 aromatic rings. The van der Waals surface area contributed by atoms with E-state index in [9.17, 15) is 14.0 Å². The van der Waals surface area contributed by atoms with E-state index in [1.165, 1.54) is 12.1 Å². The maximum absolute atomic E-state index is 13.5. The molecule has 0 saturated carbocycles. The van der Waals surface area contributed by atoms with Crippen LogP contribution >= 0.6 is 0 Å². The normalized spacial score (nSPS) is 17.9. The number of benzene rings is 1. The first-order chi connectivity index (χ1) is 15.5. The molecule has 0 bridgehead atoms. The van der Waals surface area contributed by atoms with Gasteiger partial charge in [-0.05, 0) is 92.5 Å². The number of H-pyrrole nitrogens is 1. The Morgan fingerprint density at radius 2 is 1.88 bits per heavy atom. The SMILES string of the molecule is Cc1cc(-c2ccc(F)cc2)cc([C@H]2CCCCN2C(=O)c2cc3c([nH]c2=O)CCC3)n1. The molecule has 1 amide bonds. The number of nitrogens with zero attached hydrogens (tertiary/aromatic N) is 2. The number of amides is 1. The number of fused-ring (bicyclic) bond motifs is 1. The third kappa shape index (κ3) is 3.85. The number of rotatable bonds is 3. The van der Waals surface area contributed by atoms with Crippen LogP contribution in [0.3, 0.4) is 0 Å². The van der Waals surface area contributed by atoms with Crippen LogP contribution < -0.4 is 5.56 Å². The summed E-state index contributed by atoms with van der Waals surface area (Å²) < 4.78 is 13.4. The average Bonchev–Trinajstić information content (AvgIpc) is 3.25. The number of piperidine rings is 1.